The quantitative estimate of drug-likeness (QED) is 0.224. The lowest BCUT2D eigenvalue weighted by Crippen LogP contribution is -2.11. The molecule has 0 saturated heterocycles. The van der Waals surface area contributed by atoms with Gasteiger partial charge in [-0.2, -0.15) is 18.3 Å². The molecule has 0 amide bonds. The van der Waals surface area contributed by atoms with Crippen LogP contribution in [0.25, 0.3) is 0 Å². The van der Waals surface area contributed by atoms with Gasteiger partial charge in [0.05, 0.1) is 27.4 Å². The highest BCUT2D eigenvalue weighted by Gasteiger charge is 2.33. The van der Waals surface area contributed by atoms with Crippen LogP contribution < -0.4 is 14.9 Å². The molecule has 2 aromatic rings. The normalized spacial score (nSPS) is 11.4. The van der Waals surface area contributed by atoms with Crippen molar-refractivity contribution in [2.24, 2.45) is 5.10 Å². The average Bonchev–Trinajstić information content (AvgIpc) is 2.65. The molecule has 0 aliphatic heterocycles. The first kappa shape index (κ1) is 23.2. The molecule has 0 saturated carbocycles. The van der Waals surface area contributed by atoms with Gasteiger partial charge in [0.2, 0.25) is 0 Å². The highest BCUT2D eigenvalue weighted by molar-refractivity contribution is 14.1. The molecule has 2 aromatic carbocycles. The SMILES string of the molecule is COc1cc(/C=N\Nc2ccc(C(F)(F)F)cc2[N+](=O)[O-])cc(I)c1OCC(=O)O. The van der Waals surface area contributed by atoms with Crippen LogP contribution in [0.15, 0.2) is 35.4 Å². The number of aliphatic carboxylic acids is 1. The van der Waals surface area contributed by atoms with Crippen molar-refractivity contribution in [2.75, 3.05) is 19.1 Å². The van der Waals surface area contributed by atoms with Crippen LogP contribution in [0.5, 0.6) is 11.5 Å². The summed E-state index contributed by atoms with van der Waals surface area (Å²) in [6.07, 6.45) is -3.46. The fourth-order valence-corrected chi connectivity index (χ4v) is 3.00. The Kier molecular flexibility index (Phi) is 7.42. The Morgan fingerprint density at radius 3 is 2.63 bits per heavy atom. The molecule has 0 atom stereocenters. The zero-order chi connectivity index (χ0) is 22.5. The van der Waals surface area contributed by atoms with Crippen molar-refractivity contribution in [3.63, 3.8) is 0 Å². The predicted molar refractivity (Wildman–Crippen MR) is 108 cm³/mol. The van der Waals surface area contributed by atoms with Gasteiger partial charge in [-0.25, -0.2) is 4.79 Å². The third-order valence-corrected chi connectivity index (χ3v) is 4.31. The van der Waals surface area contributed by atoms with E-state index in [0.29, 0.717) is 21.3 Å². The molecule has 0 aliphatic rings. The second kappa shape index (κ2) is 9.60. The third kappa shape index (κ3) is 5.95. The molecular weight excluding hydrogens is 526 g/mol. The first-order chi connectivity index (χ1) is 14.0. The molecule has 0 unspecified atom stereocenters. The Labute approximate surface area is 180 Å². The number of carboxylic acids is 1. The number of hydrogen-bond donors (Lipinski definition) is 2. The maximum atomic E-state index is 12.7. The smallest absolute Gasteiger partial charge is 0.416 e. The number of halogens is 4. The zero-order valence-corrected chi connectivity index (χ0v) is 17.2. The molecule has 0 heterocycles. The first-order valence-corrected chi connectivity index (χ1v) is 8.97. The molecular formula is C17H13F3IN3O6. The van der Waals surface area contributed by atoms with Gasteiger partial charge in [0, 0.05) is 6.07 Å². The molecule has 0 aliphatic carbocycles. The Morgan fingerprint density at radius 1 is 1.37 bits per heavy atom. The summed E-state index contributed by atoms with van der Waals surface area (Å²) in [7, 11) is 1.35. The summed E-state index contributed by atoms with van der Waals surface area (Å²) < 4.78 is 49.1. The van der Waals surface area contributed by atoms with Gasteiger partial charge < -0.3 is 14.6 Å². The Bertz CT molecular complexity index is 997. The van der Waals surface area contributed by atoms with E-state index in [-0.39, 0.29) is 17.2 Å². The monoisotopic (exact) mass is 539 g/mol. The van der Waals surface area contributed by atoms with E-state index in [9.17, 15) is 28.1 Å². The average molecular weight is 539 g/mol. The zero-order valence-electron chi connectivity index (χ0n) is 15.1. The number of ether oxygens (including phenoxy) is 2. The molecule has 2 rings (SSSR count). The molecule has 0 radical (unpaired) electrons. The summed E-state index contributed by atoms with van der Waals surface area (Å²) in [6, 6.07) is 5.08. The molecule has 160 valence electrons. The summed E-state index contributed by atoms with van der Waals surface area (Å²) >= 11 is 1.89. The van der Waals surface area contributed by atoms with E-state index in [4.69, 9.17) is 14.6 Å². The Hall–Kier alpha value is -3.10. The van der Waals surface area contributed by atoms with Crippen molar-refractivity contribution in [3.05, 3.63) is 55.1 Å². The predicted octanol–water partition coefficient (Wildman–Crippen LogP) is 4.14. The molecule has 0 fully saturated rings. The van der Waals surface area contributed by atoms with Gasteiger partial charge in [-0.3, -0.25) is 15.5 Å². The number of carboxylic acid groups (broad SMARTS) is 1. The highest BCUT2D eigenvalue weighted by Crippen LogP contribution is 2.35. The lowest BCUT2D eigenvalue weighted by molar-refractivity contribution is -0.384. The minimum atomic E-state index is -4.72. The molecule has 0 spiro atoms. The fourth-order valence-electron chi connectivity index (χ4n) is 2.22. The van der Waals surface area contributed by atoms with Crippen molar-refractivity contribution < 1.29 is 37.5 Å². The lowest BCUT2D eigenvalue weighted by Gasteiger charge is -2.12. The van der Waals surface area contributed by atoms with Crippen LogP contribution in [0.3, 0.4) is 0 Å². The van der Waals surface area contributed by atoms with Crippen molar-refractivity contribution in [1.82, 2.24) is 0 Å². The van der Waals surface area contributed by atoms with Crippen LogP contribution in [0.4, 0.5) is 24.5 Å². The van der Waals surface area contributed by atoms with Crippen LogP contribution in [-0.2, 0) is 11.0 Å². The topological polar surface area (TPSA) is 123 Å². The Morgan fingerprint density at radius 2 is 2.07 bits per heavy atom. The summed E-state index contributed by atoms with van der Waals surface area (Å²) in [5.41, 5.74) is 0.633. The molecule has 0 bridgehead atoms. The molecule has 13 heteroatoms. The van der Waals surface area contributed by atoms with E-state index < -0.39 is 34.9 Å². The van der Waals surface area contributed by atoms with E-state index >= 15 is 0 Å². The summed E-state index contributed by atoms with van der Waals surface area (Å²) in [6.45, 7) is -0.570. The molecule has 9 nitrogen and oxygen atoms in total. The van der Waals surface area contributed by atoms with Gasteiger partial charge in [0.25, 0.3) is 5.69 Å². The summed E-state index contributed by atoms with van der Waals surface area (Å²) in [5, 5.41) is 23.6. The number of benzene rings is 2. The van der Waals surface area contributed by atoms with Gasteiger partial charge in [0.1, 0.15) is 5.69 Å². The maximum absolute atomic E-state index is 12.7. The van der Waals surface area contributed by atoms with Crippen molar-refractivity contribution >= 4 is 46.1 Å². The number of nitro benzene ring substituents is 1. The van der Waals surface area contributed by atoms with Crippen LogP contribution in [0.1, 0.15) is 11.1 Å². The number of nitrogens with zero attached hydrogens (tertiary/aromatic N) is 2. The van der Waals surface area contributed by atoms with Crippen LogP contribution in [-0.4, -0.2) is 35.9 Å². The standard InChI is InChI=1S/C17H13F3IN3O6/c1-29-14-5-9(4-11(21)16(14)30-8-15(25)26)7-22-23-12-3-2-10(17(18,19)20)6-13(12)24(27)28/h2-7,23H,8H2,1H3,(H,25,26)/b22-7-. The largest absolute Gasteiger partial charge is 0.493 e. The van der Waals surface area contributed by atoms with Gasteiger partial charge >= 0.3 is 12.1 Å². The van der Waals surface area contributed by atoms with Gasteiger partial charge in [0.15, 0.2) is 18.1 Å². The minimum absolute atomic E-state index is 0.212. The number of alkyl halides is 3. The van der Waals surface area contributed by atoms with Gasteiger partial charge in [-0.1, -0.05) is 0 Å². The number of nitrogens with one attached hydrogen (secondary N) is 1. The number of rotatable bonds is 8. The minimum Gasteiger partial charge on any atom is -0.493 e. The number of nitro groups is 1. The molecule has 0 aromatic heterocycles. The van der Waals surface area contributed by atoms with Crippen molar-refractivity contribution in [1.29, 1.82) is 0 Å². The van der Waals surface area contributed by atoms with Crippen LogP contribution in [0, 0.1) is 13.7 Å². The molecule has 2 N–H and O–H groups in total. The lowest BCUT2D eigenvalue weighted by atomic mass is 10.1. The summed E-state index contributed by atoms with van der Waals surface area (Å²) in [4.78, 5) is 20.8. The Balaban J connectivity index is 2.25. The van der Waals surface area contributed by atoms with Crippen molar-refractivity contribution in [3.8, 4) is 11.5 Å². The van der Waals surface area contributed by atoms with Crippen LogP contribution in [0.2, 0.25) is 0 Å². The van der Waals surface area contributed by atoms with E-state index in [1.165, 1.54) is 19.4 Å². The number of hydrogen-bond acceptors (Lipinski definition) is 7. The number of hydrazone groups is 1. The van der Waals surface area contributed by atoms with Crippen LogP contribution >= 0.6 is 22.6 Å². The summed E-state index contributed by atoms with van der Waals surface area (Å²) in [5.74, 6) is -0.727. The van der Waals surface area contributed by atoms with E-state index in [1.807, 2.05) is 22.6 Å². The highest BCUT2D eigenvalue weighted by atomic mass is 127. The van der Waals surface area contributed by atoms with E-state index in [0.717, 1.165) is 6.07 Å². The number of methoxy groups -OCH3 is 1. The van der Waals surface area contributed by atoms with E-state index in [1.54, 1.807) is 6.07 Å². The number of anilines is 1. The van der Waals surface area contributed by atoms with Gasteiger partial charge in [-0.15, -0.1) is 0 Å². The first-order valence-electron chi connectivity index (χ1n) is 7.89. The third-order valence-electron chi connectivity index (χ3n) is 3.51. The van der Waals surface area contributed by atoms with Gasteiger partial charge in [-0.05, 0) is 52.4 Å². The van der Waals surface area contributed by atoms with Crippen molar-refractivity contribution in [2.45, 2.75) is 6.18 Å². The second-order valence-corrected chi connectivity index (χ2v) is 6.74. The van der Waals surface area contributed by atoms with E-state index in [2.05, 4.69) is 10.5 Å². The molecule has 30 heavy (non-hydrogen) atoms. The number of carbonyl (C=O) groups is 1. The maximum Gasteiger partial charge on any atom is 0.416 e. The fraction of sp³-hybridized carbons (Fsp3) is 0.176. The second-order valence-electron chi connectivity index (χ2n) is 5.57.